The number of aliphatic hydroxyl groups is 3. The Bertz CT molecular complexity index is 436. The summed E-state index contributed by atoms with van der Waals surface area (Å²) in [4.78, 5) is 11.7. The number of aromatic amines is 1. The zero-order valence-corrected chi connectivity index (χ0v) is 9.28. The van der Waals surface area contributed by atoms with Gasteiger partial charge in [-0.3, -0.25) is 9.89 Å². The van der Waals surface area contributed by atoms with E-state index >= 15 is 0 Å². The molecule has 2 heterocycles. The molecule has 1 aliphatic rings. The van der Waals surface area contributed by atoms with Gasteiger partial charge in [-0.2, -0.15) is 5.10 Å². The molecule has 7 N–H and O–H groups in total. The fourth-order valence-electron chi connectivity index (χ4n) is 1.70. The van der Waals surface area contributed by atoms with Gasteiger partial charge in [0.1, 0.15) is 29.7 Å². The van der Waals surface area contributed by atoms with Crippen molar-refractivity contribution in [1.82, 2.24) is 15.5 Å². The standard InChI is InChI=1S/C9H14N4O5/c10-7-3(1-11-13-7)8(17)12-9-6(16)5(15)4(2-14)18-9/h1,4-6,9,14-16H,2H2,(H,12,17)(H3,10,11,13)/t4-,5-,6-,9-/m1/s1. The van der Waals surface area contributed by atoms with Crippen LogP contribution in [-0.4, -0.2) is 62.6 Å². The number of H-pyrrole nitrogens is 1. The van der Waals surface area contributed by atoms with Gasteiger partial charge in [0.05, 0.1) is 12.8 Å². The second kappa shape index (κ2) is 4.90. The molecule has 1 aromatic heterocycles. The van der Waals surface area contributed by atoms with Crippen LogP contribution < -0.4 is 11.1 Å². The van der Waals surface area contributed by atoms with Crippen molar-refractivity contribution < 1.29 is 24.9 Å². The van der Waals surface area contributed by atoms with Gasteiger partial charge in [0.2, 0.25) is 0 Å². The maximum atomic E-state index is 11.7. The lowest BCUT2D eigenvalue weighted by atomic mass is 10.1. The van der Waals surface area contributed by atoms with Gasteiger partial charge in [0.25, 0.3) is 5.91 Å². The summed E-state index contributed by atoms with van der Waals surface area (Å²) in [5.74, 6) is -0.518. The molecule has 0 spiro atoms. The van der Waals surface area contributed by atoms with E-state index in [1.54, 1.807) is 0 Å². The molecule has 1 fully saturated rings. The lowest BCUT2D eigenvalue weighted by Gasteiger charge is -2.15. The molecule has 1 aliphatic heterocycles. The van der Waals surface area contributed by atoms with E-state index in [-0.39, 0.29) is 11.4 Å². The Morgan fingerprint density at radius 1 is 1.56 bits per heavy atom. The summed E-state index contributed by atoms with van der Waals surface area (Å²) >= 11 is 0. The van der Waals surface area contributed by atoms with E-state index < -0.39 is 37.1 Å². The second-order valence-corrected chi connectivity index (χ2v) is 3.93. The third-order valence-corrected chi connectivity index (χ3v) is 2.73. The zero-order valence-electron chi connectivity index (χ0n) is 9.28. The average molecular weight is 258 g/mol. The van der Waals surface area contributed by atoms with Gasteiger partial charge in [-0.1, -0.05) is 0 Å². The number of amides is 1. The van der Waals surface area contributed by atoms with Crippen LogP contribution in [0.2, 0.25) is 0 Å². The SMILES string of the molecule is Nc1[nH]ncc1C(=O)N[C@@H]1O[C@H](CO)[C@@H](O)[C@H]1O. The molecule has 1 aromatic rings. The highest BCUT2D eigenvalue weighted by atomic mass is 16.6. The normalized spacial score (nSPS) is 31.5. The number of aromatic nitrogens is 2. The van der Waals surface area contributed by atoms with Crippen LogP contribution in [0.25, 0.3) is 0 Å². The van der Waals surface area contributed by atoms with E-state index in [2.05, 4.69) is 15.5 Å². The van der Waals surface area contributed by atoms with Crippen molar-refractivity contribution in [3.8, 4) is 0 Å². The van der Waals surface area contributed by atoms with Crippen LogP contribution in [0.1, 0.15) is 10.4 Å². The first-order valence-electron chi connectivity index (χ1n) is 5.26. The zero-order chi connectivity index (χ0) is 13.3. The molecule has 1 saturated heterocycles. The van der Waals surface area contributed by atoms with Crippen molar-refractivity contribution in [1.29, 1.82) is 0 Å². The molecule has 0 aliphatic carbocycles. The smallest absolute Gasteiger partial charge is 0.258 e. The van der Waals surface area contributed by atoms with Gasteiger partial charge >= 0.3 is 0 Å². The number of carbonyl (C=O) groups excluding carboxylic acids is 1. The third-order valence-electron chi connectivity index (χ3n) is 2.73. The molecule has 4 atom stereocenters. The first kappa shape index (κ1) is 12.8. The number of nitrogens with one attached hydrogen (secondary N) is 2. The molecule has 100 valence electrons. The van der Waals surface area contributed by atoms with Crippen molar-refractivity contribution in [3.05, 3.63) is 11.8 Å². The summed E-state index contributed by atoms with van der Waals surface area (Å²) in [6.07, 6.45) is -3.40. The average Bonchev–Trinajstić information content (AvgIpc) is 2.88. The van der Waals surface area contributed by atoms with Crippen LogP contribution in [-0.2, 0) is 4.74 Å². The first-order valence-corrected chi connectivity index (χ1v) is 5.26. The molecule has 0 aromatic carbocycles. The van der Waals surface area contributed by atoms with E-state index in [9.17, 15) is 15.0 Å². The topological polar surface area (TPSA) is 154 Å². The number of rotatable bonds is 3. The molecule has 18 heavy (non-hydrogen) atoms. The number of carbonyl (C=O) groups is 1. The molecule has 1 amide bonds. The van der Waals surface area contributed by atoms with Crippen LogP contribution in [0.15, 0.2) is 6.20 Å². The van der Waals surface area contributed by atoms with Crippen molar-refractivity contribution in [3.63, 3.8) is 0 Å². The Kier molecular flexibility index (Phi) is 3.48. The van der Waals surface area contributed by atoms with Gasteiger partial charge in [0, 0.05) is 0 Å². The Labute approximate surface area is 102 Å². The third kappa shape index (κ3) is 2.16. The van der Waals surface area contributed by atoms with Crippen LogP contribution in [0, 0.1) is 0 Å². The maximum Gasteiger partial charge on any atom is 0.258 e. The van der Waals surface area contributed by atoms with Gasteiger partial charge in [0.15, 0.2) is 6.23 Å². The minimum atomic E-state index is -1.32. The van der Waals surface area contributed by atoms with E-state index in [0.717, 1.165) is 0 Å². The molecule has 0 saturated carbocycles. The predicted molar refractivity (Wildman–Crippen MR) is 58.2 cm³/mol. The Hall–Kier alpha value is -1.68. The van der Waals surface area contributed by atoms with Crippen molar-refractivity contribution in [2.75, 3.05) is 12.3 Å². The number of nitrogens with zero attached hydrogens (tertiary/aromatic N) is 1. The summed E-state index contributed by atoms with van der Waals surface area (Å²) in [6.45, 7) is -0.460. The second-order valence-electron chi connectivity index (χ2n) is 3.93. The van der Waals surface area contributed by atoms with E-state index in [4.69, 9.17) is 15.6 Å². The van der Waals surface area contributed by atoms with Crippen molar-refractivity contribution >= 4 is 11.7 Å². The Morgan fingerprint density at radius 3 is 2.78 bits per heavy atom. The predicted octanol–water partition coefficient (Wildman–Crippen LogP) is -2.84. The van der Waals surface area contributed by atoms with E-state index in [1.807, 2.05) is 0 Å². The molecule has 0 radical (unpaired) electrons. The number of hydrogen-bond acceptors (Lipinski definition) is 7. The molecule has 0 unspecified atom stereocenters. The van der Waals surface area contributed by atoms with Crippen LogP contribution in [0.4, 0.5) is 5.82 Å². The Balaban J connectivity index is 2.03. The highest BCUT2D eigenvalue weighted by molar-refractivity contribution is 5.98. The number of anilines is 1. The van der Waals surface area contributed by atoms with Crippen LogP contribution >= 0.6 is 0 Å². The maximum absolute atomic E-state index is 11.7. The highest BCUT2D eigenvalue weighted by Crippen LogP contribution is 2.20. The highest BCUT2D eigenvalue weighted by Gasteiger charge is 2.43. The molecule has 9 nitrogen and oxygen atoms in total. The lowest BCUT2D eigenvalue weighted by molar-refractivity contribution is -0.0304. The largest absolute Gasteiger partial charge is 0.394 e. The lowest BCUT2D eigenvalue weighted by Crippen LogP contribution is -2.43. The summed E-state index contributed by atoms with van der Waals surface area (Å²) in [6, 6.07) is 0. The van der Waals surface area contributed by atoms with Crippen LogP contribution in [0.5, 0.6) is 0 Å². The fourth-order valence-corrected chi connectivity index (χ4v) is 1.70. The molecule has 9 heteroatoms. The van der Waals surface area contributed by atoms with E-state index in [1.165, 1.54) is 6.20 Å². The first-order chi connectivity index (χ1) is 8.54. The number of nitrogens with two attached hydrogens (primary N) is 1. The summed E-state index contributed by atoms with van der Waals surface area (Å²) < 4.78 is 5.09. The summed E-state index contributed by atoms with van der Waals surface area (Å²) in [7, 11) is 0. The number of hydrogen-bond donors (Lipinski definition) is 6. The minimum Gasteiger partial charge on any atom is -0.394 e. The number of aliphatic hydroxyl groups excluding tert-OH is 3. The van der Waals surface area contributed by atoms with Crippen molar-refractivity contribution in [2.24, 2.45) is 0 Å². The molecular formula is C9H14N4O5. The monoisotopic (exact) mass is 258 g/mol. The van der Waals surface area contributed by atoms with Gasteiger partial charge in [-0.25, -0.2) is 0 Å². The van der Waals surface area contributed by atoms with Gasteiger partial charge in [-0.15, -0.1) is 0 Å². The fraction of sp³-hybridized carbons (Fsp3) is 0.556. The van der Waals surface area contributed by atoms with Gasteiger partial charge in [-0.05, 0) is 0 Å². The molecule has 2 rings (SSSR count). The quantitative estimate of drug-likeness (QED) is 0.341. The van der Waals surface area contributed by atoms with Crippen molar-refractivity contribution in [2.45, 2.75) is 24.5 Å². The van der Waals surface area contributed by atoms with Gasteiger partial charge < -0.3 is 31.1 Å². The van der Waals surface area contributed by atoms with E-state index in [0.29, 0.717) is 0 Å². The molecule has 0 bridgehead atoms. The minimum absolute atomic E-state index is 0.0826. The number of nitrogen functional groups attached to an aromatic ring is 1. The molecular weight excluding hydrogens is 244 g/mol. The Morgan fingerprint density at radius 2 is 2.28 bits per heavy atom. The summed E-state index contributed by atoms with van der Waals surface area (Å²) in [5, 5.41) is 36.3. The summed E-state index contributed by atoms with van der Waals surface area (Å²) in [5.41, 5.74) is 5.56. The number of ether oxygens (including phenoxy) is 1. The van der Waals surface area contributed by atoms with Crippen LogP contribution in [0.3, 0.4) is 0 Å².